The fourth-order valence-corrected chi connectivity index (χ4v) is 4.69. The number of amides is 2. The van der Waals surface area contributed by atoms with Crippen molar-refractivity contribution in [1.82, 2.24) is 4.90 Å². The van der Waals surface area contributed by atoms with E-state index in [-0.39, 0.29) is 24.3 Å². The van der Waals surface area contributed by atoms with Crippen LogP contribution in [0, 0.1) is 6.92 Å². The normalized spacial score (nSPS) is 20.9. The molecule has 0 aliphatic carbocycles. The number of hydrogen-bond acceptors (Lipinski definition) is 4. The number of piperazine rings is 1. The van der Waals surface area contributed by atoms with Gasteiger partial charge in [0.25, 0.3) is 5.91 Å². The Bertz CT molecular complexity index is 910. The molecule has 2 heterocycles. The first-order chi connectivity index (χ1) is 13.4. The van der Waals surface area contributed by atoms with E-state index in [0.717, 1.165) is 46.9 Å². The summed E-state index contributed by atoms with van der Waals surface area (Å²) in [7, 11) is 0. The monoisotopic (exact) mass is 461 g/mol. The van der Waals surface area contributed by atoms with E-state index in [4.69, 9.17) is 11.6 Å². The largest absolute Gasteiger partial charge is 0.369 e. The zero-order valence-electron chi connectivity index (χ0n) is 15.6. The van der Waals surface area contributed by atoms with Crippen molar-refractivity contribution in [2.45, 2.75) is 19.4 Å². The van der Waals surface area contributed by atoms with Crippen molar-refractivity contribution in [1.29, 1.82) is 0 Å². The van der Waals surface area contributed by atoms with E-state index >= 15 is 0 Å². The molecule has 7 heteroatoms. The minimum Gasteiger partial charge on any atom is -0.369 e. The predicted octanol–water partition coefficient (Wildman–Crippen LogP) is 3.87. The van der Waals surface area contributed by atoms with Gasteiger partial charge in [0.15, 0.2) is 0 Å². The number of imide groups is 1. The molecule has 2 amide bonds. The van der Waals surface area contributed by atoms with Gasteiger partial charge in [0.05, 0.1) is 18.2 Å². The summed E-state index contributed by atoms with van der Waals surface area (Å²) in [5.41, 5.74) is 2.83. The van der Waals surface area contributed by atoms with Crippen molar-refractivity contribution >= 4 is 50.7 Å². The van der Waals surface area contributed by atoms with Crippen LogP contribution in [0.4, 0.5) is 11.4 Å². The fourth-order valence-electron chi connectivity index (χ4n) is 3.89. The topological polar surface area (TPSA) is 43.9 Å². The highest BCUT2D eigenvalue weighted by molar-refractivity contribution is 9.10. The molecule has 5 nitrogen and oxygen atoms in total. The lowest BCUT2D eigenvalue weighted by molar-refractivity contribution is -0.123. The Labute approximate surface area is 178 Å². The molecular weight excluding hydrogens is 442 g/mol. The maximum atomic E-state index is 13.1. The number of benzene rings is 2. The van der Waals surface area contributed by atoms with E-state index in [0.29, 0.717) is 5.69 Å². The first-order valence-corrected chi connectivity index (χ1v) is 10.5. The fraction of sp³-hybridized carbons (Fsp3) is 0.333. The molecule has 2 saturated heterocycles. The maximum absolute atomic E-state index is 13.1. The standard InChI is InChI=1S/C21H21BrClN3O2/c1-14-2-7-18(17(22)12-14)26-20(27)13-19(21(26)28)25-10-8-24(9-11-25)16-5-3-15(23)4-6-16/h2-7,12,19H,8-11,13H2,1H3/t19-/m1/s1. The van der Waals surface area contributed by atoms with E-state index in [2.05, 4.69) is 25.7 Å². The Morgan fingerprint density at radius 2 is 1.68 bits per heavy atom. The summed E-state index contributed by atoms with van der Waals surface area (Å²) in [5.74, 6) is -0.269. The molecule has 0 radical (unpaired) electrons. The van der Waals surface area contributed by atoms with E-state index in [1.807, 2.05) is 49.4 Å². The van der Waals surface area contributed by atoms with E-state index in [1.165, 1.54) is 4.90 Å². The van der Waals surface area contributed by atoms with Gasteiger partial charge in [0.2, 0.25) is 5.91 Å². The van der Waals surface area contributed by atoms with Gasteiger partial charge in [-0.2, -0.15) is 0 Å². The Morgan fingerprint density at radius 1 is 1.00 bits per heavy atom. The van der Waals surface area contributed by atoms with Crippen LogP contribution in [-0.2, 0) is 9.59 Å². The molecule has 2 aromatic rings. The maximum Gasteiger partial charge on any atom is 0.251 e. The van der Waals surface area contributed by atoms with Gasteiger partial charge in [0, 0.05) is 41.4 Å². The molecule has 146 valence electrons. The van der Waals surface area contributed by atoms with Crippen LogP contribution in [0.3, 0.4) is 0 Å². The van der Waals surface area contributed by atoms with Gasteiger partial charge in [-0.15, -0.1) is 0 Å². The average molecular weight is 463 g/mol. The van der Waals surface area contributed by atoms with Gasteiger partial charge in [-0.05, 0) is 64.8 Å². The smallest absolute Gasteiger partial charge is 0.251 e. The number of rotatable bonds is 3. The molecule has 2 aliphatic heterocycles. The molecule has 0 N–H and O–H groups in total. The lowest BCUT2D eigenvalue weighted by Gasteiger charge is -2.38. The van der Waals surface area contributed by atoms with Crippen molar-refractivity contribution in [2.24, 2.45) is 0 Å². The minimum absolute atomic E-state index is 0.130. The second-order valence-electron chi connectivity index (χ2n) is 7.24. The second-order valence-corrected chi connectivity index (χ2v) is 8.53. The third-order valence-electron chi connectivity index (χ3n) is 5.41. The summed E-state index contributed by atoms with van der Waals surface area (Å²) >= 11 is 9.46. The van der Waals surface area contributed by atoms with Gasteiger partial charge in [-0.3, -0.25) is 14.5 Å². The summed E-state index contributed by atoms with van der Waals surface area (Å²) in [6.07, 6.45) is 0.236. The van der Waals surface area contributed by atoms with Crippen LogP contribution in [0.1, 0.15) is 12.0 Å². The van der Waals surface area contributed by atoms with Crippen LogP contribution in [0.2, 0.25) is 5.02 Å². The third-order valence-corrected chi connectivity index (χ3v) is 6.30. The highest BCUT2D eigenvalue weighted by Gasteiger charge is 2.43. The quantitative estimate of drug-likeness (QED) is 0.650. The highest BCUT2D eigenvalue weighted by atomic mass is 79.9. The average Bonchev–Trinajstić information content (AvgIpc) is 2.97. The van der Waals surface area contributed by atoms with E-state index in [9.17, 15) is 9.59 Å². The Kier molecular flexibility index (Phi) is 5.45. The summed E-state index contributed by atoms with van der Waals surface area (Å²) < 4.78 is 0.766. The number of anilines is 2. The van der Waals surface area contributed by atoms with Gasteiger partial charge < -0.3 is 4.90 Å². The Morgan fingerprint density at radius 3 is 2.32 bits per heavy atom. The van der Waals surface area contributed by atoms with Crippen LogP contribution in [0.5, 0.6) is 0 Å². The number of halogens is 2. The van der Waals surface area contributed by atoms with Gasteiger partial charge in [0.1, 0.15) is 0 Å². The SMILES string of the molecule is Cc1ccc(N2C(=O)C[C@@H](N3CCN(c4ccc(Cl)cc4)CC3)C2=O)c(Br)c1. The first kappa shape index (κ1) is 19.4. The lowest BCUT2D eigenvalue weighted by atomic mass is 10.1. The van der Waals surface area contributed by atoms with Gasteiger partial charge in [-0.1, -0.05) is 17.7 Å². The molecule has 0 aromatic heterocycles. The summed E-state index contributed by atoms with van der Waals surface area (Å²) in [6, 6.07) is 13.1. The number of hydrogen-bond donors (Lipinski definition) is 0. The number of aryl methyl sites for hydroxylation is 1. The molecule has 28 heavy (non-hydrogen) atoms. The van der Waals surface area contributed by atoms with Crippen molar-refractivity contribution in [3.63, 3.8) is 0 Å². The van der Waals surface area contributed by atoms with Crippen LogP contribution < -0.4 is 9.80 Å². The molecule has 0 spiro atoms. The molecule has 2 aromatic carbocycles. The molecule has 4 rings (SSSR count). The predicted molar refractivity (Wildman–Crippen MR) is 115 cm³/mol. The zero-order chi connectivity index (χ0) is 19.8. The molecular formula is C21H21BrClN3O2. The number of nitrogens with zero attached hydrogens (tertiary/aromatic N) is 3. The summed E-state index contributed by atoms with van der Waals surface area (Å²) in [5, 5.41) is 0.722. The first-order valence-electron chi connectivity index (χ1n) is 9.31. The summed E-state index contributed by atoms with van der Waals surface area (Å²) in [4.78, 5) is 31.4. The van der Waals surface area contributed by atoms with Crippen molar-refractivity contribution in [3.05, 3.63) is 57.5 Å². The van der Waals surface area contributed by atoms with E-state index < -0.39 is 0 Å². The second kappa shape index (κ2) is 7.85. The van der Waals surface area contributed by atoms with Gasteiger partial charge in [-0.25, -0.2) is 4.90 Å². The van der Waals surface area contributed by atoms with E-state index in [1.54, 1.807) is 0 Å². The summed E-state index contributed by atoms with van der Waals surface area (Å²) in [6.45, 7) is 5.09. The van der Waals surface area contributed by atoms with Gasteiger partial charge >= 0.3 is 0 Å². The third kappa shape index (κ3) is 3.69. The van der Waals surface area contributed by atoms with Crippen molar-refractivity contribution < 1.29 is 9.59 Å². The minimum atomic E-state index is -0.381. The molecule has 2 aliphatic rings. The van der Waals surface area contributed by atoms with Crippen molar-refractivity contribution in [3.8, 4) is 0 Å². The van der Waals surface area contributed by atoms with Crippen LogP contribution in [0.25, 0.3) is 0 Å². The zero-order valence-corrected chi connectivity index (χ0v) is 17.9. The molecule has 0 saturated carbocycles. The lowest BCUT2D eigenvalue weighted by Crippen LogP contribution is -2.52. The van der Waals surface area contributed by atoms with Crippen LogP contribution >= 0.6 is 27.5 Å². The molecule has 1 atom stereocenters. The van der Waals surface area contributed by atoms with Crippen molar-refractivity contribution in [2.75, 3.05) is 36.0 Å². The van der Waals surface area contributed by atoms with Crippen LogP contribution in [-0.4, -0.2) is 48.9 Å². The van der Waals surface area contributed by atoms with Crippen LogP contribution in [0.15, 0.2) is 46.9 Å². The highest BCUT2D eigenvalue weighted by Crippen LogP contribution is 2.33. The number of carbonyl (C=O) groups excluding carboxylic acids is 2. The number of carbonyl (C=O) groups is 2. The molecule has 0 bridgehead atoms. The molecule has 0 unspecified atom stereocenters. The molecule has 2 fully saturated rings. The Hall–Kier alpha value is -1.89. The Balaban J connectivity index is 1.45.